The summed E-state index contributed by atoms with van der Waals surface area (Å²) < 4.78 is 23.3. The maximum atomic E-state index is 11.7. The van der Waals surface area contributed by atoms with Gasteiger partial charge in [0, 0.05) is 46.1 Å². The van der Waals surface area contributed by atoms with Crippen molar-refractivity contribution in [3.05, 3.63) is 72.7 Å². The van der Waals surface area contributed by atoms with Gasteiger partial charge in [0.15, 0.2) is 9.84 Å². The topological polar surface area (TPSA) is 101 Å². The third kappa shape index (κ3) is 3.51. The van der Waals surface area contributed by atoms with Crippen molar-refractivity contribution in [3.63, 3.8) is 0 Å². The van der Waals surface area contributed by atoms with Crippen LogP contribution in [0.5, 0.6) is 0 Å². The zero-order valence-electron chi connectivity index (χ0n) is 16.9. The van der Waals surface area contributed by atoms with Gasteiger partial charge < -0.3 is 5.32 Å². The fourth-order valence-corrected chi connectivity index (χ4v) is 4.32. The molecule has 0 amide bonds. The molecule has 8 heteroatoms. The van der Waals surface area contributed by atoms with E-state index in [1.54, 1.807) is 36.7 Å². The average molecular weight is 430 g/mol. The standard InChI is InChI=1S/C23H19N5O2S/c1-14-19(8-3-16-13-26-28-22(14)16)23-20-11-21(25-12-15(20)9-10-24-23)27-17-4-6-18(7-5-17)31(2,29)30/h3-13H,1-2H3,(H,25,27)(H,26,28). The zero-order valence-corrected chi connectivity index (χ0v) is 17.7. The van der Waals surface area contributed by atoms with Crippen LogP contribution < -0.4 is 5.32 Å². The van der Waals surface area contributed by atoms with Crippen LogP contribution >= 0.6 is 0 Å². The Bertz CT molecular complexity index is 1540. The summed E-state index contributed by atoms with van der Waals surface area (Å²) in [6.45, 7) is 2.06. The maximum absolute atomic E-state index is 11.7. The van der Waals surface area contributed by atoms with E-state index in [4.69, 9.17) is 0 Å². The van der Waals surface area contributed by atoms with Gasteiger partial charge in [-0.2, -0.15) is 5.10 Å². The first-order chi connectivity index (χ1) is 14.9. The van der Waals surface area contributed by atoms with Crippen molar-refractivity contribution in [2.24, 2.45) is 0 Å². The third-order valence-corrected chi connectivity index (χ3v) is 6.46. The molecule has 0 aliphatic carbocycles. The lowest BCUT2D eigenvalue weighted by atomic mass is 9.99. The Morgan fingerprint density at radius 2 is 1.74 bits per heavy atom. The lowest BCUT2D eigenvalue weighted by molar-refractivity contribution is 0.602. The number of nitrogens with zero attached hydrogens (tertiary/aromatic N) is 3. The number of anilines is 2. The Morgan fingerprint density at radius 1 is 0.935 bits per heavy atom. The Morgan fingerprint density at radius 3 is 2.52 bits per heavy atom. The van der Waals surface area contributed by atoms with E-state index in [1.807, 2.05) is 24.4 Å². The molecule has 31 heavy (non-hydrogen) atoms. The van der Waals surface area contributed by atoms with E-state index in [9.17, 15) is 8.42 Å². The number of aromatic nitrogens is 4. The molecule has 0 aliphatic rings. The van der Waals surface area contributed by atoms with Crippen LogP contribution in [0.25, 0.3) is 32.9 Å². The molecule has 0 radical (unpaired) electrons. The Labute approximate surface area is 179 Å². The third-order valence-electron chi connectivity index (χ3n) is 5.33. The van der Waals surface area contributed by atoms with Gasteiger partial charge in [0.25, 0.3) is 0 Å². The smallest absolute Gasteiger partial charge is 0.175 e. The highest BCUT2D eigenvalue weighted by Crippen LogP contribution is 2.33. The van der Waals surface area contributed by atoms with E-state index in [2.05, 4.69) is 38.5 Å². The largest absolute Gasteiger partial charge is 0.340 e. The van der Waals surface area contributed by atoms with Crippen LogP contribution in [0.3, 0.4) is 0 Å². The van der Waals surface area contributed by atoms with Crippen LogP contribution in [0, 0.1) is 6.92 Å². The number of pyridine rings is 2. The molecule has 2 N–H and O–H groups in total. The number of aromatic amines is 1. The number of aryl methyl sites for hydroxylation is 1. The molecule has 3 aromatic heterocycles. The zero-order chi connectivity index (χ0) is 21.6. The SMILES string of the molecule is Cc1c(-c2nccc3cnc(Nc4ccc(S(C)(=O)=O)cc4)cc23)ccc2cn[nH]c12. The average Bonchev–Trinajstić information content (AvgIpc) is 3.23. The van der Waals surface area contributed by atoms with Gasteiger partial charge in [-0.1, -0.05) is 12.1 Å². The van der Waals surface area contributed by atoms with E-state index < -0.39 is 9.84 Å². The number of nitrogens with one attached hydrogen (secondary N) is 2. The number of benzene rings is 2. The number of sulfone groups is 1. The molecule has 0 atom stereocenters. The van der Waals surface area contributed by atoms with Crippen LogP contribution in [0.1, 0.15) is 5.56 Å². The van der Waals surface area contributed by atoms with Crippen LogP contribution in [0.2, 0.25) is 0 Å². The molecule has 0 saturated heterocycles. The second-order valence-electron chi connectivity index (χ2n) is 7.44. The number of rotatable bonds is 4. The normalized spacial score (nSPS) is 11.8. The number of hydrogen-bond donors (Lipinski definition) is 2. The van der Waals surface area contributed by atoms with Crippen molar-refractivity contribution in [1.82, 2.24) is 20.2 Å². The molecule has 7 nitrogen and oxygen atoms in total. The van der Waals surface area contributed by atoms with Gasteiger partial charge in [0.05, 0.1) is 22.3 Å². The first kappa shape index (κ1) is 19.2. The lowest BCUT2D eigenvalue weighted by Crippen LogP contribution is -1.98. The van der Waals surface area contributed by atoms with Crippen LogP contribution in [-0.4, -0.2) is 34.8 Å². The predicted octanol–water partition coefficient (Wildman–Crippen LogP) is 4.63. The predicted molar refractivity (Wildman–Crippen MR) is 122 cm³/mol. The van der Waals surface area contributed by atoms with E-state index in [0.717, 1.165) is 44.2 Å². The van der Waals surface area contributed by atoms with Crippen molar-refractivity contribution in [2.45, 2.75) is 11.8 Å². The van der Waals surface area contributed by atoms with Crippen molar-refractivity contribution >= 4 is 43.0 Å². The molecule has 5 aromatic rings. The molecule has 2 aromatic carbocycles. The fourth-order valence-electron chi connectivity index (χ4n) is 3.69. The highest BCUT2D eigenvalue weighted by atomic mass is 32.2. The number of fused-ring (bicyclic) bond motifs is 2. The highest BCUT2D eigenvalue weighted by molar-refractivity contribution is 7.90. The Balaban J connectivity index is 1.57. The molecule has 5 rings (SSSR count). The quantitative estimate of drug-likeness (QED) is 0.432. The van der Waals surface area contributed by atoms with Crippen LogP contribution in [0.15, 0.2) is 72.0 Å². The second-order valence-corrected chi connectivity index (χ2v) is 9.46. The summed E-state index contributed by atoms with van der Waals surface area (Å²) in [6, 6.07) is 14.6. The minimum atomic E-state index is -3.23. The summed E-state index contributed by atoms with van der Waals surface area (Å²) in [6.07, 6.45) is 6.59. The van der Waals surface area contributed by atoms with E-state index >= 15 is 0 Å². The van der Waals surface area contributed by atoms with Gasteiger partial charge in [-0.15, -0.1) is 0 Å². The summed E-state index contributed by atoms with van der Waals surface area (Å²) in [5, 5.41) is 13.4. The summed E-state index contributed by atoms with van der Waals surface area (Å²) in [5.74, 6) is 0.647. The molecule has 0 aliphatic heterocycles. The van der Waals surface area contributed by atoms with Gasteiger partial charge in [0.1, 0.15) is 5.82 Å². The molecule has 0 unspecified atom stereocenters. The molecule has 0 saturated carbocycles. The maximum Gasteiger partial charge on any atom is 0.175 e. The first-order valence-electron chi connectivity index (χ1n) is 9.65. The molecule has 0 bridgehead atoms. The first-order valence-corrected chi connectivity index (χ1v) is 11.5. The molecule has 0 spiro atoms. The van der Waals surface area contributed by atoms with Gasteiger partial charge >= 0.3 is 0 Å². The number of H-pyrrole nitrogens is 1. The van der Waals surface area contributed by atoms with Gasteiger partial charge in [0.2, 0.25) is 0 Å². The summed E-state index contributed by atoms with van der Waals surface area (Å²) in [7, 11) is -3.23. The molecular weight excluding hydrogens is 410 g/mol. The highest BCUT2D eigenvalue weighted by Gasteiger charge is 2.13. The summed E-state index contributed by atoms with van der Waals surface area (Å²) in [4.78, 5) is 9.44. The van der Waals surface area contributed by atoms with Crippen molar-refractivity contribution in [2.75, 3.05) is 11.6 Å². The molecule has 154 valence electrons. The minimum Gasteiger partial charge on any atom is -0.340 e. The minimum absolute atomic E-state index is 0.278. The van der Waals surface area contributed by atoms with Crippen molar-refractivity contribution in [3.8, 4) is 11.3 Å². The van der Waals surface area contributed by atoms with Crippen molar-refractivity contribution < 1.29 is 8.42 Å². The van der Waals surface area contributed by atoms with E-state index in [-0.39, 0.29) is 4.90 Å². The molecular formula is C23H19N5O2S. The summed E-state index contributed by atoms with van der Waals surface area (Å²) in [5.41, 5.74) is 4.72. The van der Waals surface area contributed by atoms with E-state index in [0.29, 0.717) is 5.82 Å². The van der Waals surface area contributed by atoms with Crippen LogP contribution in [0.4, 0.5) is 11.5 Å². The van der Waals surface area contributed by atoms with Gasteiger partial charge in [-0.05, 0) is 48.9 Å². The van der Waals surface area contributed by atoms with Crippen molar-refractivity contribution in [1.29, 1.82) is 0 Å². The lowest BCUT2D eigenvalue weighted by Gasteiger charge is -2.12. The monoisotopic (exact) mass is 429 g/mol. The Hall–Kier alpha value is -3.78. The van der Waals surface area contributed by atoms with Crippen LogP contribution in [-0.2, 0) is 9.84 Å². The second kappa shape index (κ2) is 7.17. The summed E-state index contributed by atoms with van der Waals surface area (Å²) >= 11 is 0. The molecule has 0 fully saturated rings. The van der Waals surface area contributed by atoms with Gasteiger partial charge in [-0.3, -0.25) is 10.1 Å². The fraction of sp³-hybridized carbons (Fsp3) is 0.0870. The van der Waals surface area contributed by atoms with E-state index in [1.165, 1.54) is 6.26 Å². The van der Waals surface area contributed by atoms with Gasteiger partial charge in [-0.25, -0.2) is 13.4 Å². The Kier molecular flexibility index (Phi) is 4.44. The number of hydrogen-bond acceptors (Lipinski definition) is 6. The molecule has 3 heterocycles.